The molecule has 1 aromatic rings. The van der Waals surface area contributed by atoms with Gasteiger partial charge in [0.15, 0.2) is 0 Å². The molecule has 108 valence electrons. The number of piperidine rings is 1. The molecule has 0 unspecified atom stereocenters. The van der Waals surface area contributed by atoms with Crippen molar-refractivity contribution in [3.8, 4) is 0 Å². The smallest absolute Gasteiger partial charge is 0.205 e. The van der Waals surface area contributed by atoms with Crippen LogP contribution in [0.2, 0.25) is 0 Å². The van der Waals surface area contributed by atoms with Crippen LogP contribution >= 0.6 is 0 Å². The summed E-state index contributed by atoms with van der Waals surface area (Å²) in [6.45, 7) is 8.23. The Kier molecular flexibility index (Phi) is 5.66. The molecule has 0 aliphatic carbocycles. The predicted octanol–water partition coefficient (Wildman–Crippen LogP) is 1.36. The molecule has 0 aromatic carbocycles. The van der Waals surface area contributed by atoms with Crippen molar-refractivity contribution >= 4 is 5.95 Å². The highest BCUT2D eigenvalue weighted by molar-refractivity contribution is 5.31. The van der Waals surface area contributed by atoms with Crippen LogP contribution in [-0.4, -0.2) is 49.4 Å². The average Bonchev–Trinajstić information content (AvgIpc) is 2.92. The standard InChI is InChI=1S/C14H26N4O/c1-3-17(12-13-4-6-15-7-5-13)14-16-8-9-18(14)10-11-19-2/h8-9,13,15H,3-7,10-12H2,1-2H3. The van der Waals surface area contributed by atoms with Gasteiger partial charge in [-0.2, -0.15) is 0 Å². The van der Waals surface area contributed by atoms with Gasteiger partial charge >= 0.3 is 0 Å². The van der Waals surface area contributed by atoms with E-state index in [4.69, 9.17) is 4.74 Å². The van der Waals surface area contributed by atoms with Crippen molar-refractivity contribution in [3.63, 3.8) is 0 Å². The lowest BCUT2D eigenvalue weighted by Crippen LogP contribution is -2.37. The lowest BCUT2D eigenvalue weighted by Gasteiger charge is -2.30. The minimum absolute atomic E-state index is 0.730. The first-order valence-corrected chi connectivity index (χ1v) is 7.31. The van der Waals surface area contributed by atoms with Gasteiger partial charge in [-0.1, -0.05) is 0 Å². The summed E-state index contributed by atoms with van der Waals surface area (Å²) in [4.78, 5) is 6.92. The molecule has 5 heteroatoms. The average molecular weight is 266 g/mol. The van der Waals surface area contributed by atoms with Crippen LogP contribution in [0.15, 0.2) is 12.4 Å². The van der Waals surface area contributed by atoms with Gasteiger partial charge in [0.05, 0.1) is 6.61 Å². The van der Waals surface area contributed by atoms with Crippen molar-refractivity contribution in [2.75, 3.05) is 44.8 Å². The summed E-state index contributed by atoms with van der Waals surface area (Å²) < 4.78 is 7.35. The van der Waals surface area contributed by atoms with Gasteiger partial charge in [-0.25, -0.2) is 4.98 Å². The van der Waals surface area contributed by atoms with E-state index in [0.29, 0.717) is 0 Å². The highest BCUT2D eigenvalue weighted by Crippen LogP contribution is 2.18. The van der Waals surface area contributed by atoms with Crippen LogP contribution < -0.4 is 10.2 Å². The Hall–Kier alpha value is -1.07. The molecule has 0 spiro atoms. The van der Waals surface area contributed by atoms with E-state index in [1.165, 1.54) is 12.8 Å². The molecule has 0 amide bonds. The molecule has 19 heavy (non-hydrogen) atoms. The first-order valence-electron chi connectivity index (χ1n) is 7.31. The third-order valence-corrected chi connectivity index (χ3v) is 3.83. The Bertz CT molecular complexity index is 360. The molecule has 2 heterocycles. The minimum Gasteiger partial charge on any atom is -0.383 e. The van der Waals surface area contributed by atoms with Crippen molar-refractivity contribution < 1.29 is 4.74 Å². The van der Waals surface area contributed by atoms with Crippen LogP contribution in [0.4, 0.5) is 5.95 Å². The van der Waals surface area contributed by atoms with Crippen molar-refractivity contribution in [2.45, 2.75) is 26.3 Å². The topological polar surface area (TPSA) is 42.3 Å². The van der Waals surface area contributed by atoms with Gasteiger partial charge in [0, 0.05) is 39.1 Å². The normalized spacial score (nSPS) is 16.7. The number of methoxy groups -OCH3 is 1. The molecule has 1 saturated heterocycles. The molecule has 1 fully saturated rings. The van der Waals surface area contributed by atoms with E-state index in [-0.39, 0.29) is 0 Å². The molecule has 0 radical (unpaired) electrons. The lowest BCUT2D eigenvalue weighted by molar-refractivity contribution is 0.187. The van der Waals surface area contributed by atoms with Crippen molar-refractivity contribution in [2.24, 2.45) is 5.92 Å². The highest BCUT2D eigenvalue weighted by Gasteiger charge is 2.18. The second-order valence-corrected chi connectivity index (χ2v) is 5.15. The van der Waals surface area contributed by atoms with Crippen LogP contribution in [0, 0.1) is 5.92 Å². The Labute approximate surface area is 116 Å². The SMILES string of the molecule is CCN(CC1CCNCC1)c1nccn1CCOC. The molecule has 1 aliphatic rings. The summed E-state index contributed by atoms with van der Waals surface area (Å²) in [6.07, 6.45) is 6.47. The summed E-state index contributed by atoms with van der Waals surface area (Å²) in [6, 6.07) is 0. The quantitative estimate of drug-likeness (QED) is 0.809. The Morgan fingerprint density at radius 2 is 2.26 bits per heavy atom. The molecule has 1 aliphatic heterocycles. The van der Waals surface area contributed by atoms with E-state index in [1.807, 2.05) is 12.4 Å². The zero-order valence-electron chi connectivity index (χ0n) is 12.1. The van der Waals surface area contributed by atoms with E-state index in [9.17, 15) is 0 Å². The number of aromatic nitrogens is 2. The van der Waals surface area contributed by atoms with E-state index in [2.05, 4.69) is 26.7 Å². The summed E-state index contributed by atoms with van der Waals surface area (Å²) in [5.41, 5.74) is 0. The largest absolute Gasteiger partial charge is 0.383 e. The first kappa shape index (κ1) is 14.3. The minimum atomic E-state index is 0.730. The van der Waals surface area contributed by atoms with Crippen LogP contribution in [0.5, 0.6) is 0 Å². The molecule has 2 rings (SSSR count). The number of hydrogen-bond donors (Lipinski definition) is 1. The van der Waals surface area contributed by atoms with Gasteiger partial charge in [0.1, 0.15) is 0 Å². The van der Waals surface area contributed by atoms with Crippen LogP contribution in [0.1, 0.15) is 19.8 Å². The van der Waals surface area contributed by atoms with E-state index < -0.39 is 0 Å². The van der Waals surface area contributed by atoms with E-state index >= 15 is 0 Å². The fourth-order valence-electron chi connectivity index (χ4n) is 2.68. The number of ether oxygens (including phenoxy) is 1. The maximum absolute atomic E-state index is 5.16. The molecule has 1 aromatic heterocycles. The van der Waals surface area contributed by atoms with Crippen molar-refractivity contribution in [1.82, 2.24) is 14.9 Å². The second kappa shape index (κ2) is 7.50. The number of hydrogen-bond acceptors (Lipinski definition) is 4. The predicted molar refractivity (Wildman–Crippen MR) is 77.6 cm³/mol. The van der Waals surface area contributed by atoms with Gasteiger partial charge in [-0.3, -0.25) is 0 Å². The van der Waals surface area contributed by atoms with Crippen LogP contribution in [0.3, 0.4) is 0 Å². The molecule has 0 atom stereocenters. The summed E-state index contributed by atoms with van der Waals surface area (Å²) in [5.74, 6) is 1.87. The fourth-order valence-corrected chi connectivity index (χ4v) is 2.68. The molecule has 0 bridgehead atoms. The number of imidazole rings is 1. The van der Waals surface area contributed by atoms with Gasteiger partial charge in [-0.05, 0) is 38.8 Å². The van der Waals surface area contributed by atoms with Crippen LogP contribution in [-0.2, 0) is 11.3 Å². The first-order chi connectivity index (χ1) is 9.35. The van der Waals surface area contributed by atoms with Gasteiger partial charge in [0.2, 0.25) is 5.95 Å². The molecular weight excluding hydrogens is 240 g/mol. The van der Waals surface area contributed by atoms with Crippen molar-refractivity contribution in [1.29, 1.82) is 0 Å². The zero-order valence-corrected chi connectivity index (χ0v) is 12.1. The second-order valence-electron chi connectivity index (χ2n) is 5.15. The Balaban J connectivity index is 1.97. The molecule has 1 N–H and O–H groups in total. The third-order valence-electron chi connectivity index (χ3n) is 3.83. The molecular formula is C14H26N4O. The molecule has 0 saturated carbocycles. The van der Waals surface area contributed by atoms with Gasteiger partial charge in [0.25, 0.3) is 0 Å². The van der Waals surface area contributed by atoms with Crippen LogP contribution in [0.25, 0.3) is 0 Å². The lowest BCUT2D eigenvalue weighted by atomic mass is 9.98. The maximum atomic E-state index is 5.16. The zero-order chi connectivity index (χ0) is 13.5. The molecule has 5 nitrogen and oxygen atoms in total. The fraction of sp³-hybridized carbons (Fsp3) is 0.786. The highest BCUT2D eigenvalue weighted by atomic mass is 16.5. The third kappa shape index (κ3) is 3.94. The number of nitrogens with zero attached hydrogens (tertiary/aromatic N) is 3. The van der Waals surface area contributed by atoms with Crippen molar-refractivity contribution in [3.05, 3.63) is 12.4 Å². The van der Waals surface area contributed by atoms with E-state index in [0.717, 1.165) is 51.2 Å². The van der Waals surface area contributed by atoms with Gasteiger partial charge < -0.3 is 19.5 Å². The number of rotatable bonds is 7. The summed E-state index contributed by atoms with van der Waals surface area (Å²) in [7, 11) is 1.74. The van der Waals surface area contributed by atoms with E-state index in [1.54, 1.807) is 7.11 Å². The summed E-state index contributed by atoms with van der Waals surface area (Å²) >= 11 is 0. The monoisotopic (exact) mass is 266 g/mol. The Morgan fingerprint density at radius 3 is 2.95 bits per heavy atom. The maximum Gasteiger partial charge on any atom is 0.205 e. The number of anilines is 1. The Morgan fingerprint density at radius 1 is 1.47 bits per heavy atom. The number of nitrogens with one attached hydrogen (secondary N) is 1. The summed E-state index contributed by atoms with van der Waals surface area (Å²) in [5, 5.41) is 3.42. The van der Waals surface area contributed by atoms with Gasteiger partial charge in [-0.15, -0.1) is 0 Å².